The van der Waals surface area contributed by atoms with Gasteiger partial charge in [0, 0.05) is 58.4 Å². The molecule has 0 saturated heterocycles. The highest BCUT2D eigenvalue weighted by molar-refractivity contribution is 14.1. The molecule has 4 N–H and O–H groups in total. The smallest absolute Gasteiger partial charge is 0.340 e. The number of unbranched alkanes of at least 4 members (excludes halogenated alkanes) is 2. The molecule has 3 heterocycles. The highest BCUT2D eigenvalue weighted by Gasteiger charge is 2.33. The summed E-state index contributed by atoms with van der Waals surface area (Å²) < 4.78 is 20.4. The first kappa shape index (κ1) is 48.4. The second-order valence-corrected chi connectivity index (χ2v) is 20.0. The molecule has 65 heavy (non-hydrogen) atoms. The number of tetrazole rings is 1. The summed E-state index contributed by atoms with van der Waals surface area (Å²) in [4.78, 5) is 89.2. The average molecular weight is 1030 g/mol. The molecule has 19 nitrogen and oxygen atoms in total. The first-order chi connectivity index (χ1) is 31.1. The molecule has 0 radical (unpaired) electrons. The van der Waals surface area contributed by atoms with E-state index in [0.29, 0.717) is 35.0 Å². The van der Waals surface area contributed by atoms with E-state index in [1.165, 1.54) is 42.0 Å². The van der Waals surface area contributed by atoms with Crippen molar-refractivity contribution >= 4 is 88.9 Å². The highest BCUT2D eigenvalue weighted by Crippen LogP contribution is 2.34. The number of non-ortho nitro benzene ring substituents is 1. The van der Waals surface area contributed by atoms with Crippen molar-refractivity contribution in [2.75, 3.05) is 11.9 Å². The molecule has 3 aliphatic rings. The minimum Gasteiger partial charge on any atom is -0.344 e. The van der Waals surface area contributed by atoms with Gasteiger partial charge >= 0.3 is 11.7 Å². The van der Waals surface area contributed by atoms with E-state index in [2.05, 4.69) is 36.8 Å². The van der Waals surface area contributed by atoms with E-state index in [4.69, 9.17) is 0 Å². The van der Waals surface area contributed by atoms with Crippen LogP contribution in [-0.2, 0) is 37.6 Å². The molecule has 0 unspecified atom stereocenters. The third-order valence-corrected chi connectivity index (χ3v) is 15.1. The van der Waals surface area contributed by atoms with Crippen molar-refractivity contribution < 1.29 is 40.9 Å². The van der Waals surface area contributed by atoms with Crippen LogP contribution in [0.5, 0.6) is 0 Å². The molecule has 3 aromatic rings. The molecule has 1 aromatic heterocycles. The molecule has 22 heteroatoms. The fraction of sp³-hybridized carbons (Fsp3) is 0.419. The minimum atomic E-state index is -0.977. The predicted octanol–water partition coefficient (Wildman–Crippen LogP) is 4.80. The number of amides is 6. The molecule has 6 rings (SSSR count). The lowest BCUT2D eigenvalue weighted by molar-refractivity contribution is -0.384. The number of nitrogens with zero attached hydrogens (tertiary/aromatic N) is 7. The summed E-state index contributed by atoms with van der Waals surface area (Å²) in [5.74, 6) is -3.51. The number of amidine groups is 1. The first-order valence-corrected chi connectivity index (χ1v) is 24.0. The Hall–Kier alpha value is -6.04. The Morgan fingerprint density at radius 3 is 2.32 bits per heavy atom. The van der Waals surface area contributed by atoms with Crippen LogP contribution in [0.25, 0.3) is 0 Å². The Balaban J connectivity index is 1.08. The highest BCUT2D eigenvalue weighted by atomic mass is 127. The average Bonchev–Trinajstić information content (AvgIpc) is 4.03. The van der Waals surface area contributed by atoms with Crippen LogP contribution in [-0.4, -0.2) is 96.2 Å². The van der Waals surface area contributed by atoms with E-state index in [1.807, 2.05) is 2.79 Å². The Morgan fingerprint density at radius 1 is 0.969 bits per heavy atom. The summed E-state index contributed by atoms with van der Waals surface area (Å²) in [6.07, 6.45) is 9.78. The zero-order chi connectivity index (χ0) is 46.8. The number of carbonyl (C=O) groups excluding carboxylic acids is 6. The standard InChI is InChI=1S/C43H49FIN11O8S/c1-25(2)38(48-35(57)12-6-5-9-21-54-36(58)19-20-37(54)59)42(62)46-26(3)40(60)47-29-15-13-27(14-16-29)24-55-39(32(44)23-33(45-55)28-10-7-8-11-28)49-41(61)31-22-30(56(63)64)17-18-34(31)65-43-50-51-52-53(43)4/h13-20,22-23,25-26,28,38H,5-12,21,24H2,1-4H3,(H3,46,47,48,57,60,62)/p+1/t26-,38-/m0/s1. The first-order valence-electron chi connectivity index (χ1n) is 21.1. The fourth-order valence-corrected chi connectivity index (χ4v) is 11.3. The van der Waals surface area contributed by atoms with Crippen LogP contribution in [0, 0.1) is 22.0 Å². The van der Waals surface area contributed by atoms with Gasteiger partial charge in [0.1, 0.15) is 39.6 Å². The van der Waals surface area contributed by atoms with Crippen LogP contribution >= 0.6 is 32.8 Å². The zero-order valence-corrected chi connectivity index (χ0v) is 39.2. The lowest BCUT2D eigenvalue weighted by Gasteiger charge is -2.24. The Labute approximate surface area is 388 Å². The molecule has 1 fully saturated rings. The van der Waals surface area contributed by atoms with Crippen LogP contribution in [0.2, 0.25) is 0 Å². The molecule has 344 valence electrons. The Morgan fingerprint density at radius 2 is 1.68 bits per heavy atom. The van der Waals surface area contributed by atoms with Gasteiger partial charge in [0.15, 0.2) is 0 Å². The van der Waals surface area contributed by atoms with Gasteiger partial charge in [-0.15, -0.1) is 5.10 Å². The maximum absolute atomic E-state index is 16.2. The van der Waals surface area contributed by atoms with E-state index < -0.39 is 61.6 Å². The van der Waals surface area contributed by atoms with Crippen molar-refractivity contribution in [2.24, 2.45) is 18.9 Å². The van der Waals surface area contributed by atoms with Gasteiger partial charge < -0.3 is 16.0 Å². The number of imide groups is 1. The van der Waals surface area contributed by atoms with Gasteiger partial charge in [-0.3, -0.25) is 39.0 Å². The summed E-state index contributed by atoms with van der Waals surface area (Å²) in [6.45, 7) is 5.57. The van der Waals surface area contributed by atoms with Crippen molar-refractivity contribution in [3.8, 4) is 0 Å². The SMILES string of the molecule is CC(C)[C@H](NC(=O)CCCCCN1C(=O)C=CC1=O)C(=O)N[C@@H](C)C(=O)Nc1ccc(C[N+]2=C(NC(=O)c3cc([N+](=O)[O-])ccc3Sc3nnnn3C)C(F)=CC(C3CCCC3)=I2)cc1. The Bertz CT molecular complexity index is 2470. The second-order valence-electron chi connectivity index (χ2n) is 16.1. The normalized spacial score (nSPS) is 16.2. The van der Waals surface area contributed by atoms with Crippen molar-refractivity contribution in [3.63, 3.8) is 0 Å². The summed E-state index contributed by atoms with van der Waals surface area (Å²) in [6, 6.07) is 8.87. The lowest BCUT2D eigenvalue weighted by atomic mass is 10.0. The van der Waals surface area contributed by atoms with Gasteiger partial charge in [0.05, 0.1) is 10.5 Å². The molecule has 0 spiro atoms. The van der Waals surface area contributed by atoms with Gasteiger partial charge in [-0.25, -0.2) is 17.6 Å². The number of benzene rings is 2. The lowest BCUT2D eigenvalue weighted by Crippen LogP contribution is -2.53. The number of rotatable bonds is 19. The number of nitrogens with one attached hydrogen (secondary N) is 4. The van der Waals surface area contributed by atoms with Gasteiger partial charge in [0.25, 0.3) is 17.5 Å². The molecule has 0 bridgehead atoms. The van der Waals surface area contributed by atoms with Crippen LogP contribution < -0.4 is 21.3 Å². The second kappa shape index (κ2) is 22.2. The van der Waals surface area contributed by atoms with Gasteiger partial charge in [0.2, 0.25) is 28.7 Å². The van der Waals surface area contributed by atoms with Crippen LogP contribution in [0.1, 0.15) is 88.1 Å². The molecular weight excluding hydrogens is 977 g/mol. The number of nitro benzene ring substituents is 1. The number of halogens is 2. The van der Waals surface area contributed by atoms with E-state index in [1.54, 1.807) is 45.2 Å². The molecule has 1 saturated carbocycles. The zero-order valence-electron chi connectivity index (χ0n) is 36.2. The molecule has 2 aromatic carbocycles. The molecule has 6 amide bonds. The fourth-order valence-electron chi connectivity index (χ4n) is 7.22. The molecule has 2 atom stereocenters. The molecular formula is C43H50FIN11O8S+. The van der Waals surface area contributed by atoms with E-state index in [9.17, 15) is 38.9 Å². The summed E-state index contributed by atoms with van der Waals surface area (Å²) in [5, 5.41) is 34.4. The predicted molar refractivity (Wildman–Crippen MR) is 246 cm³/mol. The summed E-state index contributed by atoms with van der Waals surface area (Å²) in [7, 11) is 1.61. The number of hydrogen-bond donors (Lipinski definition) is 4. The number of nitro groups is 1. The number of aromatic nitrogens is 4. The van der Waals surface area contributed by atoms with Crippen molar-refractivity contribution in [1.29, 1.82) is 0 Å². The van der Waals surface area contributed by atoms with Crippen LogP contribution in [0.3, 0.4) is 0 Å². The van der Waals surface area contributed by atoms with Crippen LogP contribution in [0.15, 0.2) is 76.6 Å². The number of aryl methyl sites for hydroxylation is 1. The summed E-state index contributed by atoms with van der Waals surface area (Å²) >= 11 is 0.0566. The maximum atomic E-state index is 16.2. The number of carbonyl (C=O) groups is 6. The van der Waals surface area contributed by atoms with Gasteiger partial charge in [-0.05, 0) is 96.5 Å². The number of allylic oxidation sites excluding steroid dienone is 1. The van der Waals surface area contributed by atoms with Gasteiger partial charge in [-0.1, -0.05) is 45.2 Å². The third kappa shape index (κ3) is 12.8. The Kier molecular flexibility index (Phi) is 16.6. The summed E-state index contributed by atoms with van der Waals surface area (Å²) in [5.41, 5.74) is 0.817. The topological polar surface area (TPSA) is 244 Å². The quantitative estimate of drug-likeness (QED) is 0.0316. The van der Waals surface area contributed by atoms with Gasteiger partial charge in [-0.2, -0.15) is 4.39 Å². The van der Waals surface area contributed by atoms with Crippen LogP contribution in [0.4, 0.5) is 15.8 Å². The third-order valence-electron chi connectivity index (χ3n) is 10.9. The number of hydrogen-bond acceptors (Lipinski definition) is 12. The monoisotopic (exact) mass is 1030 g/mol. The molecule has 1 aliphatic carbocycles. The van der Waals surface area contributed by atoms with Crippen molar-refractivity contribution in [3.05, 3.63) is 87.8 Å². The van der Waals surface area contributed by atoms with E-state index in [0.717, 1.165) is 57.5 Å². The number of anilines is 1. The van der Waals surface area contributed by atoms with Crippen molar-refractivity contribution in [1.82, 2.24) is 41.1 Å². The largest absolute Gasteiger partial charge is 0.344 e. The van der Waals surface area contributed by atoms with Crippen molar-refractivity contribution in [2.45, 2.75) is 101 Å². The minimum absolute atomic E-state index is 0.0477. The molecule has 2 aliphatic heterocycles. The maximum Gasteiger partial charge on any atom is 0.340 e. The van der Waals surface area contributed by atoms with E-state index in [-0.39, 0.29) is 66.2 Å². The van der Waals surface area contributed by atoms with E-state index >= 15 is 4.39 Å².